The molecule has 0 bridgehead atoms. The average molecular weight is 266 g/mol. The molecule has 4 nitrogen and oxygen atoms in total. The molecule has 2 atom stereocenters. The van der Waals surface area contributed by atoms with Gasteiger partial charge < -0.3 is 15.7 Å². The van der Waals surface area contributed by atoms with Gasteiger partial charge in [-0.2, -0.15) is 0 Å². The van der Waals surface area contributed by atoms with E-state index in [0.29, 0.717) is 25.6 Å². The highest BCUT2D eigenvalue weighted by molar-refractivity contribution is 5.96. The molecule has 19 heavy (non-hydrogen) atoms. The second-order valence-corrected chi connectivity index (χ2v) is 5.17. The molecular weight excluding hydrogens is 247 g/mol. The molecule has 1 saturated heterocycles. The molecule has 1 aromatic rings. The maximum atomic E-state index is 13.2. The first-order valence-electron chi connectivity index (χ1n) is 6.50. The summed E-state index contributed by atoms with van der Waals surface area (Å²) in [5.74, 6) is -0.304. The fraction of sp³-hybridized carbons (Fsp3) is 0.500. The first-order chi connectivity index (χ1) is 9.02. The maximum absolute atomic E-state index is 13.2. The van der Waals surface area contributed by atoms with Crippen LogP contribution >= 0.6 is 0 Å². The van der Waals surface area contributed by atoms with Crippen LogP contribution in [0.25, 0.3) is 0 Å². The summed E-state index contributed by atoms with van der Waals surface area (Å²) in [6.45, 7) is 3.83. The van der Waals surface area contributed by atoms with E-state index in [1.807, 2.05) is 0 Å². The quantitative estimate of drug-likeness (QED) is 0.854. The number of carbonyl (C=O) groups excluding carboxylic acids is 1. The molecule has 2 rings (SSSR count). The summed E-state index contributed by atoms with van der Waals surface area (Å²) < 4.78 is 13.2. The van der Waals surface area contributed by atoms with Gasteiger partial charge >= 0.3 is 0 Å². The van der Waals surface area contributed by atoms with E-state index in [4.69, 9.17) is 5.73 Å². The van der Waals surface area contributed by atoms with Crippen molar-refractivity contribution in [3.63, 3.8) is 0 Å². The van der Waals surface area contributed by atoms with Crippen molar-refractivity contribution in [3.05, 3.63) is 29.6 Å². The number of hydrogen-bond donors (Lipinski definition) is 2. The minimum absolute atomic E-state index is 0.0188. The van der Waals surface area contributed by atoms with E-state index in [2.05, 4.69) is 6.92 Å². The molecule has 1 aliphatic rings. The number of nitrogens with zero attached hydrogens (tertiary/aromatic N) is 1. The minimum Gasteiger partial charge on any atom is -0.507 e. The van der Waals surface area contributed by atoms with Crippen LogP contribution < -0.4 is 5.73 Å². The van der Waals surface area contributed by atoms with Gasteiger partial charge in [0.05, 0.1) is 5.56 Å². The Balaban J connectivity index is 2.18. The van der Waals surface area contributed by atoms with E-state index in [9.17, 15) is 14.3 Å². The number of likely N-dealkylation sites (tertiary alicyclic amines) is 1. The van der Waals surface area contributed by atoms with Gasteiger partial charge in [0, 0.05) is 13.1 Å². The zero-order valence-electron chi connectivity index (χ0n) is 11.0. The van der Waals surface area contributed by atoms with Crippen molar-refractivity contribution in [2.45, 2.75) is 13.3 Å². The van der Waals surface area contributed by atoms with Crippen molar-refractivity contribution in [1.29, 1.82) is 0 Å². The Morgan fingerprint density at radius 2 is 2.32 bits per heavy atom. The summed E-state index contributed by atoms with van der Waals surface area (Å²) in [6.07, 6.45) is 0.879. The Morgan fingerprint density at radius 1 is 1.58 bits per heavy atom. The minimum atomic E-state index is -0.526. The molecule has 3 N–H and O–H groups in total. The third-order valence-corrected chi connectivity index (χ3v) is 3.89. The van der Waals surface area contributed by atoms with Crippen LogP contribution in [0.1, 0.15) is 23.7 Å². The van der Waals surface area contributed by atoms with E-state index in [1.165, 1.54) is 6.07 Å². The van der Waals surface area contributed by atoms with Crippen molar-refractivity contribution < 1.29 is 14.3 Å². The number of aromatic hydroxyl groups is 1. The van der Waals surface area contributed by atoms with Gasteiger partial charge in [0.15, 0.2) is 0 Å². The van der Waals surface area contributed by atoms with Crippen LogP contribution in [0.5, 0.6) is 5.75 Å². The molecule has 1 aromatic carbocycles. The number of benzene rings is 1. The van der Waals surface area contributed by atoms with Gasteiger partial charge in [-0.1, -0.05) is 6.92 Å². The average Bonchev–Trinajstić information content (AvgIpc) is 2.41. The van der Waals surface area contributed by atoms with E-state index in [0.717, 1.165) is 18.6 Å². The lowest BCUT2D eigenvalue weighted by Crippen LogP contribution is -2.45. The van der Waals surface area contributed by atoms with Gasteiger partial charge in [0.25, 0.3) is 5.91 Å². The fourth-order valence-electron chi connectivity index (χ4n) is 2.49. The highest BCUT2D eigenvalue weighted by atomic mass is 19.1. The molecule has 0 saturated carbocycles. The summed E-state index contributed by atoms with van der Waals surface area (Å²) in [5.41, 5.74) is 5.72. The van der Waals surface area contributed by atoms with Gasteiger partial charge in [-0.15, -0.1) is 0 Å². The molecule has 0 radical (unpaired) electrons. The fourth-order valence-corrected chi connectivity index (χ4v) is 2.49. The molecule has 1 amide bonds. The number of piperidine rings is 1. The zero-order valence-corrected chi connectivity index (χ0v) is 11.0. The maximum Gasteiger partial charge on any atom is 0.257 e. The number of amides is 1. The molecular formula is C14H19FN2O2. The van der Waals surface area contributed by atoms with Crippen LogP contribution in [0.3, 0.4) is 0 Å². The SMILES string of the molecule is CC1CCN(C(=O)c2cc(F)ccc2O)CC1CN. The van der Waals surface area contributed by atoms with Gasteiger partial charge in [0.1, 0.15) is 11.6 Å². The zero-order chi connectivity index (χ0) is 14.0. The third kappa shape index (κ3) is 2.87. The molecule has 1 fully saturated rings. The summed E-state index contributed by atoms with van der Waals surface area (Å²) in [4.78, 5) is 13.9. The van der Waals surface area contributed by atoms with Crippen LogP contribution in [0.2, 0.25) is 0 Å². The number of halogens is 1. The predicted octanol–water partition coefficient (Wildman–Crippen LogP) is 1.59. The lowest BCUT2D eigenvalue weighted by atomic mass is 9.87. The second-order valence-electron chi connectivity index (χ2n) is 5.17. The molecule has 0 aliphatic carbocycles. The molecule has 1 heterocycles. The molecule has 0 aromatic heterocycles. The predicted molar refractivity (Wildman–Crippen MR) is 70.3 cm³/mol. The van der Waals surface area contributed by atoms with Gasteiger partial charge in [-0.3, -0.25) is 4.79 Å². The van der Waals surface area contributed by atoms with E-state index in [-0.39, 0.29) is 23.1 Å². The smallest absolute Gasteiger partial charge is 0.257 e. The standard InChI is InChI=1S/C14H19FN2O2/c1-9-4-5-17(8-10(9)7-16)14(19)12-6-11(15)2-3-13(12)18/h2-3,6,9-10,18H,4-5,7-8,16H2,1H3. The number of nitrogens with two attached hydrogens (primary N) is 1. The van der Waals surface area contributed by atoms with Crippen molar-refractivity contribution in [2.75, 3.05) is 19.6 Å². The van der Waals surface area contributed by atoms with Gasteiger partial charge in [-0.05, 0) is 43.0 Å². The molecule has 2 unspecified atom stereocenters. The largest absolute Gasteiger partial charge is 0.507 e. The van der Waals surface area contributed by atoms with Gasteiger partial charge in [0.2, 0.25) is 0 Å². The number of hydrogen-bond acceptors (Lipinski definition) is 3. The van der Waals surface area contributed by atoms with Crippen LogP contribution in [0.4, 0.5) is 4.39 Å². The van der Waals surface area contributed by atoms with Crippen molar-refractivity contribution in [3.8, 4) is 5.75 Å². The van der Waals surface area contributed by atoms with Crippen LogP contribution in [-0.2, 0) is 0 Å². The normalized spacial score (nSPS) is 23.4. The van der Waals surface area contributed by atoms with Crippen LogP contribution in [0, 0.1) is 17.7 Å². The van der Waals surface area contributed by atoms with Crippen LogP contribution in [0.15, 0.2) is 18.2 Å². The van der Waals surface area contributed by atoms with E-state index < -0.39 is 5.82 Å². The lowest BCUT2D eigenvalue weighted by molar-refractivity contribution is 0.0615. The van der Waals surface area contributed by atoms with E-state index >= 15 is 0 Å². The number of phenolic OH excluding ortho intramolecular Hbond substituents is 1. The first kappa shape index (κ1) is 13.8. The number of phenols is 1. The number of rotatable bonds is 2. The van der Waals surface area contributed by atoms with E-state index in [1.54, 1.807) is 4.90 Å². The Morgan fingerprint density at radius 3 is 3.00 bits per heavy atom. The molecule has 104 valence electrons. The molecule has 5 heteroatoms. The molecule has 1 aliphatic heterocycles. The Kier molecular flexibility index (Phi) is 4.04. The summed E-state index contributed by atoms with van der Waals surface area (Å²) in [7, 11) is 0. The Labute approximate surface area is 112 Å². The highest BCUT2D eigenvalue weighted by Crippen LogP contribution is 2.26. The Bertz CT molecular complexity index is 479. The van der Waals surface area contributed by atoms with Gasteiger partial charge in [-0.25, -0.2) is 4.39 Å². The Hall–Kier alpha value is -1.62. The van der Waals surface area contributed by atoms with Crippen LogP contribution in [-0.4, -0.2) is 35.5 Å². The monoisotopic (exact) mass is 266 g/mol. The molecule has 0 spiro atoms. The number of carbonyl (C=O) groups is 1. The first-order valence-corrected chi connectivity index (χ1v) is 6.50. The third-order valence-electron chi connectivity index (χ3n) is 3.89. The van der Waals surface area contributed by atoms with Crippen molar-refractivity contribution in [1.82, 2.24) is 4.90 Å². The summed E-state index contributed by atoms with van der Waals surface area (Å²) in [6, 6.07) is 3.41. The second kappa shape index (κ2) is 5.57. The highest BCUT2D eigenvalue weighted by Gasteiger charge is 2.29. The van der Waals surface area contributed by atoms with Crippen molar-refractivity contribution in [2.24, 2.45) is 17.6 Å². The summed E-state index contributed by atoms with van der Waals surface area (Å²) >= 11 is 0. The van der Waals surface area contributed by atoms with Crippen molar-refractivity contribution >= 4 is 5.91 Å². The lowest BCUT2D eigenvalue weighted by Gasteiger charge is -2.36. The topological polar surface area (TPSA) is 66.6 Å². The summed E-state index contributed by atoms with van der Waals surface area (Å²) in [5, 5.41) is 9.67.